The van der Waals surface area contributed by atoms with E-state index >= 15 is 0 Å². The Hall–Kier alpha value is -2.62. The van der Waals surface area contributed by atoms with Crippen LogP contribution in [0, 0.1) is 7.14 Å². The van der Waals surface area contributed by atoms with Crippen LogP contribution in [0.1, 0.15) is 28.8 Å². The van der Waals surface area contributed by atoms with Gasteiger partial charge in [-0.2, -0.15) is 0 Å². The lowest BCUT2D eigenvalue weighted by molar-refractivity contribution is -0.145. The molecule has 0 unspecified atom stereocenters. The second kappa shape index (κ2) is 11.0. The van der Waals surface area contributed by atoms with E-state index in [0.717, 1.165) is 12.0 Å². The van der Waals surface area contributed by atoms with E-state index < -0.39 is 23.9 Å². The zero-order valence-electron chi connectivity index (χ0n) is 17.5. The van der Waals surface area contributed by atoms with Gasteiger partial charge in [0, 0.05) is 0 Å². The number of rotatable bonds is 8. The molecule has 3 rings (SSSR count). The molecule has 10 nitrogen and oxygen atoms in total. The van der Waals surface area contributed by atoms with Gasteiger partial charge in [0.25, 0.3) is 5.91 Å². The Morgan fingerprint density at radius 2 is 1.88 bits per heavy atom. The molecular weight excluding hydrogens is 662 g/mol. The van der Waals surface area contributed by atoms with Crippen molar-refractivity contribution < 1.29 is 37.8 Å². The Morgan fingerprint density at radius 3 is 2.52 bits per heavy atom. The molecule has 3 amide bonds. The number of halogens is 2. The first-order chi connectivity index (χ1) is 15.7. The molecule has 1 aliphatic heterocycles. The number of ether oxygens (including phenoxy) is 3. The largest absolute Gasteiger partial charge is 0.480 e. The normalized spacial score (nSPS) is 14.4. The highest BCUT2D eigenvalue weighted by atomic mass is 127. The number of carbonyl (C=O) groups is 4. The van der Waals surface area contributed by atoms with E-state index in [2.05, 4.69) is 55.2 Å². The topological polar surface area (TPSA) is 124 Å². The molecule has 1 saturated heterocycles. The molecule has 0 atom stereocenters. The van der Waals surface area contributed by atoms with E-state index in [1.165, 1.54) is 19.2 Å². The van der Waals surface area contributed by atoms with Crippen molar-refractivity contribution in [3.8, 4) is 5.75 Å². The highest BCUT2D eigenvalue weighted by molar-refractivity contribution is 14.1. The average molecular weight is 680 g/mol. The fourth-order valence-electron chi connectivity index (χ4n) is 2.85. The molecule has 12 heteroatoms. The molecule has 33 heavy (non-hydrogen) atoms. The van der Waals surface area contributed by atoms with Crippen LogP contribution in [0.15, 0.2) is 34.4 Å². The van der Waals surface area contributed by atoms with Gasteiger partial charge in [0.15, 0.2) is 6.61 Å². The van der Waals surface area contributed by atoms with Crippen molar-refractivity contribution in [3.63, 3.8) is 0 Å². The van der Waals surface area contributed by atoms with E-state index in [4.69, 9.17) is 13.9 Å². The summed E-state index contributed by atoms with van der Waals surface area (Å²) in [6.45, 7) is 1.63. The SMILES string of the molecule is CCOC(=O)COc1c(I)cc(/C=C2\NC(=O)N(Cc3ccc(C(=O)OC)o3)C2=O)cc1I. The average Bonchev–Trinajstić information content (AvgIpc) is 3.33. The van der Waals surface area contributed by atoms with Crippen molar-refractivity contribution in [2.24, 2.45) is 0 Å². The van der Waals surface area contributed by atoms with Gasteiger partial charge in [-0.1, -0.05) is 0 Å². The molecule has 0 spiro atoms. The van der Waals surface area contributed by atoms with Gasteiger partial charge in [0.2, 0.25) is 5.76 Å². The van der Waals surface area contributed by atoms with Gasteiger partial charge in [-0.3, -0.25) is 9.69 Å². The maximum absolute atomic E-state index is 12.8. The number of amides is 3. The summed E-state index contributed by atoms with van der Waals surface area (Å²) >= 11 is 4.12. The standard InChI is InChI=1S/C21H18I2N2O8/c1-3-31-17(26)10-32-18-13(22)6-11(7-14(18)23)8-15-19(27)25(21(29)24-15)9-12-4-5-16(33-12)20(28)30-2/h4-8H,3,9-10H2,1-2H3,(H,24,29)/b15-8-. The van der Waals surface area contributed by atoms with Gasteiger partial charge in [-0.25, -0.2) is 14.4 Å². The number of nitrogens with one attached hydrogen (secondary N) is 1. The van der Waals surface area contributed by atoms with Crippen LogP contribution >= 0.6 is 45.2 Å². The van der Waals surface area contributed by atoms with Gasteiger partial charge in [0.1, 0.15) is 17.2 Å². The number of hydrogen-bond donors (Lipinski definition) is 1. The summed E-state index contributed by atoms with van der Waals surface area (Å²) in [5, 5.41) is 2.54. The van der Waals surface area contributed by atoms with E-state index in [-0.39, 0.29) is 37.0 Å². The van der Waals surface area contributed by atoms with Gasteiger partial charge >= 0.3 is 18.0 Å². The van der Waals surface area contributed by atoms with Crippen molar-refractivity contribution in [1.29, 1.82) is 0 Å². The summed E-state index contributed by atoms with van der Waals surface area (Å²) in [5.74, 6) is -0.905. The minimum absolute atomic E-state index is 0.0234. The van der Waals surface area contributed by atoms with Crippen molar-refractivity contribution >= 4 is 75.1 Å². The zero-order valence-corrected chi connectivity index (χ0v) is 21.8. The third-order valence-electron chi connectivity index (χ3n) is 4.30. The second-order valence-corrected chi connectivity index (χ2v) is 8.87. The number of urea groups is 1. The summed E-state index contributed by atoms with van der Waals surface area (Å²) in [7, 11) is 1.22. The summed E-state index contributed by atoms with van der Waals surface area (Å²) in [6, 6.07) is 5.81. The predicted octanol–water partition coefficient (Wildman–Crippen LogP) is 3.31. The van der Waals surface area contributed by atoms with Crippen molar-refractivity contribution in [3.05, 3.63) is 54.2 Å². The number of benzene rings is 1. The first-order valence-corrected chi connectivity index (χ1v) is 11.7. The van der Waals surface area contributed by atoms with Crippen LogP contribution < -0.4 is 10.1 Å². The zero-order chi connectivity index (χ0) is 24.1. The Balaban J connectivity index is 1.74. The van der Waals surface area contributed by atoms with Crippen LogP contribution in [0.2, 0.25) is 0 Å². The molecule has 0 saturated carbocycles. The Morgan fingerprint density at radius 1 is 1.18 bits per heavy atom. The van der Waals surface area contributed by atoms with E-state index in [9.17, 15) is 19.2 Å². The molecule has 0 bridgehead atoms. The number of esters is 2. The fraction of sp³-hybridized carbons (Fsp3) is 0.238. The number of imide groups is 1. The number of hydrogen-bond acceptors (Lipinski definition) is 8. The minimum atomic E-state index is -0.655. The molecule has 2 heterocycles. The van der Waals surface area contributed by atoms with E-state index in [0.29, 0.717) is 11.3 Å². The number of methoxy groups -OCH3 is 1. The number of carbonyl (C=O) groups excluding carboxylic acids is 4. The van der Waals surface area contributed by atoms with Crippen molar-refractivity contribution in [2.75, 3.05) is 20.3 Å². The van der Waals surface area contributed by atoms with Gasteiger partial charge in [-0.05, 0) is 88.0 Å². The molecule has 1 fully saturated rings. The first kappa shape index (κ1) is 25.0. The summed E-state index contributed by atoms with van der Waals surface area (Å²) in [5.41, 5.74) is 0.746. The van der Waals surface area contributed by atoms with Crippen LogP contribution in [0.5, 0.6) is 5.75 Å². The number of furan rings is 1. The highest BCUT2D eigenvalue weighted by Crippen LogP contribution is 2.30. The lowest BCUT2D eigenvalue weighted by Crippen LogP contribution is -2.30. The molecule has 0 aliphatic carbocycles. The van der Waals surface area contributed by atoms with E-state index in [1.54, 1.807) is 25.1 Å². The van der Waals surface area contributed by atoms with Crippen LogP contribution in [0.4, 0.5) is 4.79 Å². The van der Waals surface area contributed by atoms with Gasteiger partial charge in [-0.15, -0.1) is 0 Å². The molecule has 1 aliphatic rings. The Labute approximate surface area is 215 Å². The molecule has 2 aromatic rings. The monoisotopic (exact) mass is 680 g/mol. The molecule has 174 valence electrons. The first-order valence-electron chi connectivity index (χ1n) is 9.52. The lowest BCUT2D eigenvalue weighted by atomic mass is 10.2. The van der Waals surface area contributed by atoms with Gasteiger partial charge in [0.05, 0.1) is 27.4 Å². The Kier molecular flexibility index (Phi) is 8.34. The van der Waals surface area contributed by atoms with E-state index in [1.807, 2.05) is 0 Å². The lowest BCUT2D eigenvalue weighted by Gasteiger charge is -2.11. The van der Waals surface area contributed by atoms with Gasteiger partial charge < -0.3 is 23.9 Å². The van der Waals surface area contributed by atoms with Crippen LogP contribution in [-0.4, -0.2) is 49.1 Å². The summed E-state index contributed by atoms with van der Waals surface area (Å²) in [4.78, 5) is 49.1. The maximum atomic E-state index is 12.8. The summed E-state index contributed by atoms with van der Waals surface area (Å²) < 4.78 is 21.8. The minimum Gasteiger partial charge on any atom is -0.480 e. The van der Waals surface area contributed by atoms with Crippen LogP contribution in [-0.2, 0) is 25.6 Å². The van der Waals surface area contributed by atoms with Crippen LogP contribution in [0.25, 0.3) is 6.08 Å². The molecule has 1 aromatic carbocycles. The predicted molar refractivity (Wildman–Crippen MR) is 131 cm³/mol. The number of nitrogens with zero attached hydrogens (tertiary/aromatic N) is 1. The second-order valence-electron chi connectivity index (χ2n) is 6.54. The molecule has 1 N–H and O–H groups in total. The fourth-order valence-corrected chi connectivity index (χ4v) is 4.97. The van der Waals surface area contributed by atoms with Crippen molar-refractivity contribution in [2.45, 2.75) is 13.5 Å². The smallest absolute Gasteiger partial charge is 0.373 e. The summed E-state index contributed by atoms with van der Waals surface area (Å²) in [6.07, 6.45) is 1.54. The Bertz CT molecular complexity index is 1120. The highest BCUT2D eigenvalue weighted by Gasteiger charge is 2.34. The molecule has 1 aromatic heterocycles. The molecular formula is C21H18I2N2O8. The third-order valence-corrected chi connectivity index (χ3v) is 5.90. The third kappa shape index (κ3) is 6.04. The van der Waals surface area contributed by atoms with Crippen LogP contribution in [0.3, 0.4) is 0 Å². The maximum Gasteiger partial charge on any atom is 0.373 e. The molecule has 0 radical (unpaired) electrons. The van der Waals surface area contributed by atoms with Crippen molar-refractivity contribution in [1.82, 2.24) is 10.2 Å². The quantitative estimate of drug-likeness (QED) is 0.195.